The number of benzene rings is 1. The van der Waals surface area contributed by atoms with Gasteiger partial charge < -0.3 is 11.1 Å². The third-order valence-electron chi connectivity index (χ3n) is 3.15. The van der Waals surface area contributed by atoms with Crippen LogP contribution in [0.3, 0.4) is 0 Å². The third kappa shape index (κ3) is 4.44. The van der Waals surface area contributed by atoms with Crippen LogP contribution in [-0.2, 0) is 11.2 Å². The number of hydrogen-bond acceptors (Lipinski definition) is 2. The molecular formula is C13H17ClF2N2O. The average molecular weight is 291 g/mol. The topological polar surface area (TPSA) is 55.1 Å². The van der Waals surface area contributed by atoms with E-state index in [1.165, 1.54) is 12.1 Å². The van der Waals surface area contributed by atoms with Crippen molar-refractivity contribution >= 4 is 18.3 Å². The van der Waals surface area contributed by atoms with E-state index in [0.717, 1.165) is 18.9 Å². The van der Waals surface area contributed by atoms with E-state index in [1.54, 1.807) is 0 Å². The van der Waals surface area contributed by atoms with Crippen LogP contribution in [0.1, 0.15) is 18.4 Å². The van der Waals surface area contributed by atoms with E-state index in [0.29, 0.717) is 12.5 Å². The minimum absolute atomic E-state index is 0. The third-order valence-corrected chi connectivity index (χ3v) is 3.15. The van der Waals surface area contributed by atoms with Crippen molar-refractivity contribution in [1.29, 1.82) is 0 Å². The smallest absolute Gasteiger partial charge is 0.224 e. The van der Waals surface area contributed by atoms with Crippen molar-refractivity contribution in [2.75, 3.05) is 6.54 Å². The molecule has 6 heteroatoms. The predicted octanol–water partition coefficient (Wildman–Crippen LogP) is 1.78. The highest BCUT2D eigenvalue weighted by Crippen LogP contribution is 2.31. The van der Waals surface area contributed by atoms with E-state index in [1.807, 2.05) is 0 Å². The molecule has 0 aromatic heterocycles. The lowest BCUT2D eigenvalue weighted by atomic mass is 10.1. The van der Waals surface area contributed by atoms with Gasteiger partial charge in [0.05, 0.1) is 6.42 Å². The van der Waals surface area contributed by atoms with Crippen LogP contribution in [0.25, 0.3) is 0 Å². The standard InChI is InChI=1S/C13H16F2N2O.ClH/c14-10-3-1-2-9(13(10)15)6-12(18)17-7-11(16)8-4-5-8;/h1-3,8,11H,4-7,16H2,(H,17,18);1H. The molecule has 3 N–H and O–H groups in total. The fraction of sp³-hybridized carbons (Fsp3) is 0.462. The Morgan fingerprint density at radius 1 is 1.42 bits per heavy atom. The van der Waals surface area contributed by atoms with Crippen LogP contribution in [0.5, 0.6) is 0 Å². The summed E-state index contributed by atoms with van der Waals surface area (Å²) in [5.41, 5.74) is 5.89. The van der Waals surface area contributed by atoms with E-state index >= 15 is 0 Å². The summed E-state index contributed by atoms with van der Waals surface area (Å²) in [6.45, 7) is 0.389. The molecule has 0 radical (unpaired) electrons. The zero-order valence-corrected chi connectivity index (χ0v) is 11.2. The summed E-state index contributed by atoms with van der Waals surface area (Å²) in [4.78, 5) is 11.6. The highest BCUT2D eigenvalue weighted by atomic mass is 35.5. The van der Waals surface area contributed by atoms with Crippen LogP contribution in [0, 0.1) is 17.6 Å². The molecule has 1 atom stereocenters. The van der Waals surface area contributed by atoms with Gasteiger partial charge in [-0.1, -0.05) is 12.1 Å². The van der Waals surface area contributed by atoms with Crippen molar-refractivity contribution in [2.24, 2.45) is 11.7 Å². The average Bonchev–Trinajstić information content (AvgIpc) is 3.16. The first-order chi connectivity index (χ1) is 8.58. The maximum Gasteiger partial charge on any atom is 0.224 e. The van der Waals surface area contributed by atoms with Crippen LogP contribution in [0.4, 0.5) is 8.78 Å². The summed E-state index contributed by atoms with van der Waals surface area (Å²) in [6, 6.07) is 3.78. The Morgan fingerprint density at radius 2 is 2.11 bits per heavy atom. The summed E-state index contributed by atoms with van der Waals surface area (Å²) in [5, 5.41) is 2.65. The van der Waals surface area contributed by atoms with Gasteiger partial charge >= 0.3 is 0 Å². The van der Waals surface area contributed by atoms with Crippen LogP contribution in [0.15, 0.2) is 18.2 Å². The Morgan fingerprint density at radius 3 is 2.74 bits per heavy atom. The van der Waals surface area contributed by atoms with Crippen molar-refractivity contribution in [2.45, 2.75) is 25.3 Å². The lowest BCUT2D eigenvalue weighted by molar-refractivity contribution is -0.120. The number of hydrogen-bond donors (Lipinski definition) is 2. The van der Waals surface area contributed by atoms with Crippen LogP contribution < -0.4 is 11.1 Å². The maximum absolute atomic E-state index is 13.3. The van der Waals surface area contributed by atoms with Crippen molar-refractivity contribution in [1.82, 2.24) is 5.32 Å². The molecule has 0 heterocycles. The quantitative estimate of drug-likeness (QED) is 0.868. The van der Waals surface area contributed by atoms with Gasteiger partial charge in [-0.2, -0.15) is 0 Å². The van der Waals surface area contributed by atoms with Crippen LogP contribution in [0.2, 0.25) is 0 Å². The van der Waals surface area contributed by atoms with E-state index < -0.39 is 11.6 Å². The van der Waals surface area contributed by atoms with Gasteiger partial charge in [0.15, 0.2) is 11.6 Å². The van der Waals surface area contributed by atoms with Gasteiger partial charge in [0.2, 0.25) is 5.91 Å². The monoisotopic (exact) mass is 290 g/mol. The van der Waals surface area contributed by atoms with Crippen molar-refractivity contribution in [3.8, 4) is 0 Å². The van der Waals surface area contributed by atoms with Gasteiger partial charge in [-0.05, 0) is 24.8 Å². The number of nitrogens with two attached hydrogens (primary N) is 1. The molecule has 1 fully saturated rings. The SMILES string of the molecule is Cl.NC(CNC(=O)Cc1cccc(F)c1F)C1CC1. The zero-order chi connectivity index (χ0) is 13.1. The molecule has 1 aliphatic carbocycles. The van der Waals surface area contributed by atoms with Gasteiger partial charge in [0.1, 0.15) is 0 Å². The summed E-state index contributed by atoms with van der Waals surface area (Å²) < 4.78 is 26.3. The Labute approximate surface area is 117 Å². The number of carbonyl (C=O) groups is 1. The second-order valence-electron chi connectivity index (χ2n) is 4.70. The summed E-state index contributed by atoms with van der Waals surface area (Å²) in [7, 11) is 0. The van der Waals surface area contributed by atoms with E-state index in [4.69, 9.17) is 5.73 Å². The van der Waals surface area contributed by atoms with Gasteiger partial charge in [0.25, 0.3) is 0 Å². The van der Waals surface area contributed by atoms with Crippen LogP contribution in [-0.4, -0.2) is 18.5 Å². The second-order valence-corrected chi connectivity index (χ2v) is 4.70. The minimum Gasteiger partial charge on any atom is -0.354 e. The minimum atomic E-state index is -0.959. The molecule has 0 spiro atoms. The van der Waals surface area contributed by atoms with Gasteiger partial charge in [-0.25, -0.2) is 8.78 Å². The molecule has 19 heavy (non-hydrogen) atoms. The fourth-order valence-corrected chi connectivity index (χ4v) is 1.84. The van der Waals surface area contributed by atoms with Gasteiger partial charge in [-0.15, -0.1) is 12.4 Å². The van der Waals surface area contributed by atoms with E-state index in [2.05, 4.69) is 5.32 Å². The maximum atomic E-state index is 13.3. The Kier molecular flexibility index (Phi) is 5.69. The molecular weight excluding hydrogens is 274 g/mol. The Hall–Kier alpha value is -1.20. The van der Waals surface area contributed by atoms with Gasteiger partial charge in [-0.3, -0.25) is 4.79 Å². The van der Waals surface area contributed by atoms with Crippen molar-refractivity contribution in [3.05, 3.63) is 35.4 Å². The van der Waals surface area contributed by atoms with Crippen LogP contribution >= 0.6 is 12.4 Å². The first-order valence-electron chi connectivity index (χ1n) is 6.03. The highest BCUT2D eigenvalue weighted by molar-refractivity contribution is 5.85. The highest BCUT2D eigenvalue weighted by Gasteiger charge is 2.28. The Balaban J connectivity index is 0.00000180. The molecule has 1 aromatic carbocycles. The number of carbonyl (C=O) groups excluding carboxylic acids is 1. The molecule has 106 valence electrons. The second kappa shape index (κ2) is 6.82. The molecule has 1 saturated carbocycles. The zero-order valence-electron chi connectivity index (χ0n) is 10.4. The molecule has 1 aliphatic rings. The molecule has 0 aliphatic heterocycles. The molecule has 1 amide bonds. The molecule has 0 bridgehead atoms. The molecule has 3 nitrogen and oxygen atoms in total. The lowest BCUT2D eigenvalue weighted by Gasteiger charge is -2.11. The van der Waals surface area contributed by atoms with Crippen molar-refractivity contribution < 1.29 is 13.6 Å². The number of rotatable bonds is 5. The lowest BCUT2D eigenvalue weighted by Crippen LogP contribution is -2.39. The fourth-order valence-electron chi connectivity index (χ4n) is 1.84. The largest absolute Gasteiger partial charge is 0.354 e. The molecule has 2 rings (SSSR count). The molecule has 1 unspecified atom stereocenters. The summed E-state index contributed by atoms with van der Waals surface area (Å²) in [5.74, 6) is -1.74. The van der Waals surface area contributed by atoms with Gasteiger partial charge in [0, 0.05) is 18.2 Å². The Bertz CT molecular complexity index is 452. The van der Waals surface area contributed by atoms with E-state index in [9.17, 15) is 13.6 Å². The predicted molar refractivity (Wildman–Crippen MR) is 71.0 cm³/mol. The number of nitrogens with one attached hydrogen (secondary N) is 1. The molecule has 1 aromatic rings. The summed E-state index contributed by atoms with van der Waals surface area (Å²) >= 11 is 0. The first-order valence-corrected chi connectivity index (χ1v) is 6.03. The van der Waals surface area contributed by atoms with E-state index in [-0.39, 0.29) is 36.3 Å². The summed E-state index contributed by atoms with van der Waals surface area (Å²) in [6.07, 6.45) is 2.05. The number of amides is 1. The number of halogens is 3. The normalized spacial score (nSPS) is 15.5. The van der Waals surface area contributed by atoms with Crippen molar-refractivity contribution in [3.63, 3.8) is 0 Å². The first kappa shape index (κ1) is 15.9. The molecule has 0 saturated heterocycles.